The number of fused-ring (bicyclic) bond motifs is 1. The molecule has 2 nitrogen and oxygen atoms in total. The third-order valence-electron chi connectivity index (χ3n) is 4.14. The van der Waals surface area contributed by atoms with E-state index in [0.717, 1.165) is 17.9 Å². The van der Waals surface area contributed by atoms with E-state index in [9.17, 15) is 0 Å². The van der Waals surface area contributed by atoms with Crippen molar-refractivity contribution in [3.8, 4) is 0 Å². The minimum absolute atomic E-state index is 0.154. The highest BCUT2D eigenvalue weighted by molar-refractivity contribution is 5.82. The number of nitrogens with two attached hydrogens (primary N) is 1. The van der Waals surface area contributed by atoms with Crippen LogP contribution < -0.4 is 5.73 Å². The van der Waals surface area contributed by atoms with E-state index < -0.39 is 0 Å². The van der Waals surface area contributed by atoms with Crippen molar-refractivity contribution in [3.05, 3.63) is 42.1 Å². The van der Waals surface area contributed by atoms with Crippen LogP contribution in [-0.4, -0.2) is 4.98 Å². The molecule has 1 saturated carbocycles. The van der Waals surface area contributed by atoms with Gasteiger partial charge in [0.15, 0.2) is 0 Å². The maximum atomic E-state index is 6.41. The fourth-order valence-electron chi connectivity index (χ4n) is 3.17. The Kier molecular flexibility index (Phi) is 3.28. The summed E-state index contributed by atoms with van der Waals surface area (Å²) >= 11 is 0. The lowest BCUT2D eigenvalue weighted by atomic mass is 9.92. The zero-order valence-corrected chi connectivity index (χ0v) is 10.7. The number of hydrogen-bond acceptors (Lipinski definition) is 2. The number of benzene rings is 1. The number of rotatable bonds is 3. The van der Waals surface area contributed by atoms with Gasteiger partial charge < -0.3 is 5.73 Å². The van der Waals surface area contributed by atoms with Crippen molar-refractivity contribution in [2.24, 2.45) is 11.7 Å². The van der Waals surface area contributed by atoms with Gasteiger partial charge in [0, 0.05) is 17.6 Å². The van der Waals surface area contributed by atoms with Gasteiger partial charge in [-0.25, -0.2) is 0 Å². The van der Waals surface area contributed by atoms with Gasteiger partial charge in [0.05, 0.1) is 5.52 Å². The summed E-state index contributed by atoms with van der Waals surface area (Å²) in [5.74, 6) is 0.826. The second-order valence-electron chi connectivity index (χ2n) is 5.41. The van der Waals surface area contributed by atoms with Crippen LogP contribution in [-0.2, 0) is 0 Å². The summed E-state index contributed by atoms with van der Waals surface area (Å²) in [6.45, 7) is 0. The Morgan fingerprint density at radius 3 is 2.78 bits per heavy atom. The molecule has 18 heavy (non-hydrogen) atoms. The molecule has 0 saturated heterocycles. The lowest BCUT2D eigenvalue weighted by molar-refractivity contribution is 0.452. The summed E-state index contributed by atoms with van der Waals surface area (Å²) in [4.78, 5) is 4.40. The first-order valence-electron chi connectivity index (χ1n) is 6.94. The van der Waals surface area contributed by atoms with Crippen LogP contribution in [0.5, 0.6) is 0 Å². The molecule has 1 aromatic carbocycles. The number of pyridine rings is 1. The minimum Gasteiger partial charge on any atom is -0.324 e. The molecule has 0 radical (unpaired) electrons. The van der Waals surface area contributed by atoms with E-state index in [1.807, 2.05) is 12.3 Å². The molecule has 1 fully saturated rings. The molecule has 1 aliphatic rings. The first kappa shape index (κ1) is 11.7. The van der Waals surface area contributed by atoms with Crippen LogP contribution in [0.2, 0.25) is 0 Å². The number of nitrogens with zero attached hydrogens (tertiary/aromatic N) is 1. The summed E-state index contributed by atoms with van der Waals surface area (Å²) < 4.78 is 0. The molecule has 0 amide bonds. The normalized spacial score (nSPS) is 18.3. The van der Waals surface area contributed by atoms with E-state index in [0.29, 0.717) is 0 Å². The van der Waals surface area contributed by atoms with Gasteiger partial charge in [-0.15, -0.1) is 0 Å². The predicted octanol–water partition coefficient (Wildman–Crippen LogP) is 3.81. The largest absolute Gasteiger partial charge is 0.324 e. The summed E-state index contributed by atoms with van der Waals surface area (Å²) in [6.07, 6.45) is 8.48. The first-order valence-corrected chi connectivity index (χ1v) is 6.94. The van der Waals surface area contributed by atoms with Crippen LogP contribution in [0.15, 0.2) is 36.5 Å². The van der Waals surface area contributed by atoms with Gasteiger partial charge in [0.2, 0.25) is 0 Å². The van der Waals surface area contributed by atoms with Crippen LogP contribution in [0, 0.1) is 5.92 Å². The van der Waals surface area contributed by atoms with Crippen molar-refractivity contribution in [3.63, 3.8) is 0 Å². The molecule has 1 aromatic heterocycles. The Morgan fingerprint density at radius 1 is 1.17 bits per heavy atom. The molecule has 94 valence electrons. The summed E-state index contributed by atoms with van der Waals surface area (Å²) in [5, 5.41) is 1.21. The van der Waals surface area contributed by atoms with Gasteiger partial charge in [-0.2, -0.15) is 0 Å². The van der Waals surface area contributed by atoms with E-state index in [4.69, 9.17) is 5.73 Å². The maximum absolute atomic E-state index is 6.41. The standard InChI is InChI=1S/C16H20N2/c17-15(11-12-5-1-2-6-12)13-9-10-18-16-8-4-3-7-14(13)16/h3-4,7-10,12,15H,1-2,5-6,11,17H2. The minimum atomic E-state index is 0.154. The summed E-state index contributed by atoms with van der Waals surface area (Å²) in [5.41, 5.74) is 8.72. The number of para-hydroxylation sites is 1. The number of aromatic nitrogens is 1. The van der Waals surface area contributed by atoms with Gasteiger partial charge in [-0.05, 0) is 30.0 Å². The molecule has 1 unspecified atom stereocenters. The van der Waals surface area contributed by atoms with Crippen LogP contribution in [0.25, 0.3) is 10.9 Å². The Bertz CT molecular complexity index is 524. The molecule has 2 N–H and O–H groups in total. The number of hydrogen-bond donors (Lipinski definition) is 1. The predicted molar refractivity (Wildman–Crippen MR) is 75.2 cm³/mol. The van der Waals surface area contributed by atoms with Gasteiger partial charge in [-0.3, -0.25) is 4.98 Å². The smallest absolute Gasteiger partial charge is 0.0705 e. The molecular formula is C16H20N2. The molecule has 1 atom stereocenters. The Labute approximate surface area is 108 Å². The highest BCUT2D eigenvalue weighted by atomic mass is 14.7. The van der Waals surface area contributed by atoms with Crippen LogP contribution in [0.1, 0.15) is 43.7 Å². The lowest BCUT2D eigenvalue weighted by Gasteiger charge is -2.18. The van der Waals surface area contributed by atoms with Crippen molar-refractivity contribution in [1.82, 2.24) is 4.98 Å². The van der Waals surface area contributed by atoms with Crippen molar-refractivity contribution in [1.29, 1.82) is 0 Å². The van der Waals surface area contributed by atoms with E-state index in [1.54, 1.807) is 0 Å². The monoisotopic (exact) mass is 240 g/mol. The molecule has 2 heteroatoms. The van der Waals surface area contributed by atoms with Gasteiger partial charge in [0.1, 0.15) is 0 Å². The van der Waals surface area contributed by atoms with Crippen molar-refractivity contribution in [2.75, 3.05) is 0 Å². The van der Waals surface area contributed by atoms with Gasteiger partial charge in [-0.1, -0.05) is 43.9 Å². The zero-order valence-electron chi connectivity index (χ0n) is 10.7. The van der Waals surface area contributed by atoms with Crippen LogP contribution >= 0.6 is 0 Å². The quantitative estimate of drug-likeness (QED) is 0.886. The molecule has 2 aromatic rings. The third-order valence-corrected chi connectivity index (χ3v) is 4.14. The average Bonchev–Trinajstić information content (AvgIpc) is 2.91. The maximum Gasteiger partial charge on any atom is 0.0705 e. The highest BCUT2D eigenvalue weighted by Crippen LogP contribution is 2.33. The summed E-state index contributed by atoms with van der Waals surface area (Å²) in [6, 6.07) is 10.5. The molecule has 0 spiro atoms. The van der Waals surface area contributed by atoms with Crippen LogP contribution in [0.4, 0.5) is 0 Å². The molecule has 1 heterocycles. The molecule has 1 aliphatic carbocycles. The zero-order chi connectivity index (χ0) is 12.4. The molecule has 3 rings (SSSR count). The Morgan fingerprint density at radius 2 is 1.94 bits per heavy atom. The topological polar surface area (TPSA) is 38.9 Å². The fraction of sp³-hybridized carbons (Fsp3) is 0.438. The van der Waals surface area contributed by atoms with E-state index in [-0.39, 0.29) is 6.04 Å². The fourth-order valence-corrected chi connectivity index (χ4v) is 3.17. The van der Waals surface area contributed by atoms with Crippen molar-refractivity contribution in [2.45, 2.75) is 38.1 Å². The first-order chi connectivity index (χ1) is 8.84. The Balaban J connectivity index is 1.88. The second kappa shape index (κ2) is 5.07. The van der Waals surface area contributed by atoms with Gasteiger partial charge in [0.25, 0.3) is 0 Å². The van der Waals surface area contributed by atoms with Crippen LogP contribution in [0.3, 0.4) is 0 Å². The lowest BCUT2D eigenvalue weighted by Crippen LogP contribution is -2.14. The SMILES string of the molecule is NC(CC1CCCC1)c1ccnc2ccccc12. The van der Waals surface area contributed by atoms with Crippen molar-refractivity contribution < 1.29 is 0 Å². The molecule has 0 aliphatic heterocycles. The van der Waals surface area contributed by atoms with E-state index >= 15 is 0 Å². The van der Waals surface area contributed by atoms with E-state index in [1.165, 1.54) is 36.6 Å². The average molecular weight is 240 g/mol. The highest BCUT2D eigenvalue weighted by Gasteiger charge is 2.20. The second-order valence-corrected chi connectivity index (χ2v) is 5.41. The third kappa shape index (κ3) is 2.25. The van der Waals surface area contributed by atoms with Crippen molar-refractivity contribution >= 4 is 10.9 Å². The Hall–Kier alpha value is -1.41. The van der Waals surface area contributed by atoms with Gasteiger partial charge >= 0.3 is 0 Å². The summed E-state index contributed by atoms with van der Waals surface area (Å²) in [7, 11) is 0. The molecule has 0 bridgehead atoms. The molecular weight excluding hydrogens is 220 g/mol. The van der Waals surface area contributed by atoms with E-state index in [2.05, 4.69) is 29.2 Å².